The lowest BCUT2D eigenvalue weighted by molar-refractivity contribution is 0.0463. The van der Waals surface area contributed by atoms with Gasteiger partial charge in [-0.2, -0.15) is 0 Å². The van der Waals surface area contributed by atoms with Gasteiger partial charge in [-0.1, -0.05) is 12.5 Å². The first kappa shape index (κ1) is 14.4. The molecule has 21 heavy (non-hydrogen) atoms. The highest BCUT2D eigenvalue weighted by atomic mass is 16.1. The molecule has 4 nitrogen and oxygen atoms in total. The number of carbonyl (C=O) groups excluding carboxylic acids is 1. The summed E-state index contributed by atoms with van der Waals surface area (Å²) < 4.78 is 0. The number of amides is 1. The molecular formula is C17H25N3O. The van der Waals surface area contributed by atoms with E-state index in [1.165, 1.54) is 19.3 Å². The fourth-order valence-electron chi connectivity index (χ4n) is 3.78. The zero-order valence-electron chi connectivity index (χ0n) is 12.9. The average molecular weight is 287 g/mol. The minimum atomic E-state index is 0.00864. The van der Waals surface area contributed by atoms with Gasteiger partial charge in [0.2, 0.25) is 0 Å². The molecule has 3 N–H and O–H groups in total. The highest BCUT2D eigenvalue weighted by Crippen LogP contribution is 2.32. The molecule has 2 bridgehead atoms. The van der Waals surface area contributed by atoms with Gasteiger partial charge in [0.05, 0.1) is 0 Å². The second-order valence-electron chi connectivity index (χ2n) is 6.62. The largest absolute Gasteiger partial charge is 0.398 e. The lowest BCUT2D eigenvalue weighted by Gasteiger charge is -2.47. The molecule has 114 valence electrons. The van der Waals surface area contributed by atoms with E-state index in [2.05, 4.69) is 17.3 Å². The van der Waals surface area contributed by atoms with E-state index < -0.39 is 0 Å². The number of aryl methyl sites for hydroxylation is 1. The quantitative estimate of drug-likeness (QED) is 0.821. The number of piperidine rings is 2. The number of benzene rings is 1. The molecule has 2 unspecified atom stereocenters. The van der Waals surface area contributed by atoms with Gasteiger partial charge in [0.15, 0.2) is 0 Å². The molecule has 0 radical (unpaired) electrons. The molecule has 1 aromatic carbocycles. The molecule has 2 fully saturated rings. The van der Waals surface area contributed by atoms with Gasteiger partial charge in [0, 0.05) is 29.4 Å². The molecule has 1 aromatic rings. The Labute approximate surface area is 126 Å². The van der Waals surface area contributed by atoms with Crippen molar-refractivity contribution in [1.29, 1.82) is 0 Å². The van der Waals surface area contributed by atoms with Crippen molar-refractivity contribution in [2.45, 2.75) is 57.2 Å². The maximum atomic E-state index is 12.4. The third kappa shape index (κ3) is 2.91. The number of nitrogens with two attached hydrogens (primary N) is 1. The Morgan fingerprint density at radius 2 is 1.95 bits per heavy atom. The Bertz CT molecular complexity index is 529. The van der Waals surface area contributed by atoms with E-state index in [0.29, 0.717) is 29.4 Å². The summed E-state index contributed by atoms with van der Waals surface area (Å²) in [6, 6.07) is 7.11. The summed E-state index contributed by atoms with van der Waals surface area (Å²) in [5.41, 5.74) is 8.26. The number of nitrogen functional groups attached to an aromatic ring is 1. The van der Waals surface area contributed by atoms with Gasteiger partial charge in [-0.05, 0) is 57.4 Å². The fourth-order valence-corrected chi connectivity index (χ4v) is 3.78. The smallest absolute Gasteiger partial charge is 0.251 e. The van der Waals surface area contributed by atoms with E-state index in [0.717, 1.165) is 18.4 Å². The third-order valence-corrected chi connectivity index (χ3v) is 5.22. The van der Waals surface area contributed by atoms with Gasteiger partial charge < -0.3 is 16.0 Å². The molecule has 0 aromatic heterocycles. The summed E-state index contributed by atoms with van der Waals surface area (Å²) in [5, 5.41) is 3.21. The number of nitrogens with zero attached hydrogens (tertiary/aromatic N) is 1. The summed E-state index contributed by atoms with van der Waals surface area (Å²) in [7, 11) is 2.23. The summed E-state index contributed by atoms with van der Waals surface area (Å²) in [4.78, 5) is 14.9. The number of hydrogen-bond acceptors (Lipinski definition) is 3. The predicted octanol–water partition coefficient (Wildman–Crippen LogP) is 2.32. The summed E-state index contributed by atoms with van der Waals surface area (Å²) in [5.74, 6) is 0.00864. The van der Waals surface area contributed by atoms with Crippen LogP contribution in [0.15, 0.2) is 18.2 Å². The molecule has 2 atom stereocenters. The Morgan fingerprint density at radius 3 is 2.57 bits per heavy atom. The second-order valence-corrected chi connectivity index (χ2v) is 6.62. The number of anilines is 1. The van der Waals surface area contributed by atoms with E-state index in [1.54, 1.807) is 6.07 Å². The fraction of sp³-hybridized carbons (Fsp3) is 0.588. The third-order valence-electron chi connectivity index (χ3n) is 5.22. The standard InChI is InChI=1S/C17H25N3O/c1-11-6-7-12(8-16(11)18)17(21)19-13-9-14-4-3-5-15(10-13)20(14)2/h6-8,13-15H,3-5,9-10,18H2,1-2H3,(H,19,21). The topological polar surface area (TPSA) is 58.4 Å². The first-order chi connectivity index (χ1) is 10.0. The van der Waals surface area contributed by atoms with Crippen LogP contribution in [-0.4, -0.2) is 36.0 Å². The number of nitrogens with one attached hydrogen (secondary N) is 1. The van der Waals surface area contributed by atoms with Crippen LogP contribution in [0, 0.1) is 6.92 Å². The molecule has 2 saturated heterocycles. The minimum Gasteiger partial charge on any atom is -0.398 e. The summed E-state index contributed by atoms with van der Waals surface area (Å²) in [6.45, 7) is 1.95. The van der Waals surface area contributed by atoms with Crippen molar-refractivity contribution in [3.8, 4) is 0 Å². The zero-order valence-corrected chi connectivity index (χ0v) is 12.9. The van der Waals surface area contributed by atoms with Crippen LogP contribution in [0.25, 0.3) is 0 Å². The van der Waals surface area contributed by atoms with E-state index in [-0.39, 0.29) is 5.91 Å². The van der Waals surface area contributed by atoms with Crippen molar-refractivity contribution < 1.29 is 4.79 Å². The van der Waals surface area contributed by atoms with Crippen LogP contribution < -0.4 is 11.1 Å². The molecule has 4 heteroatoms. The summed E-state index contributed by atoms with van der Waals surface area (Å²) >= 11 is 0. The highest BCUT2D eigenvalue weighted by Gasteiger charge is 2.36. The molecule has 0 saturated carbocycles. The molecule has 2 heterocycles. The maximum Gasteiger partial charge on any atom is 0.251 e. The van der Waals surface area contributed by atoms with Crippen LogP contribution in [0.3, 0.4) is 0 Å². The van der Waals surface area contributed by atoms with Crippen molar-refractivity contribution in [2.75, 3.05) is 12.8 Å². The zero-order chi connectivity index (χ0) is 15.0. The van der Waals surface area contributed by atoms with Crippen LogP contribution in [0.1, 0.15) is 48.0 Å². The minimum absolute atomic E-state index is 0.00864. The van der Waals surface area contributed by atoms with Crippen LogP contribution >= 0.6 is 0 Å². The average Bonchev–Trinajstić information content (AvgIpc) is 2.43. The first-order valence-corrected chi connectivity index (χ1v) is 7.93. The SMILES string of the molecule is Cc1ccc(C(=O)NC2CC3CCCC(C2)N3C)cc1N. The lowest BCUT2D eigenvalue weighted by atomic mass is 9.82. The van der Waals surface area contributed by atoms with Gasteiger partial charge in [-0.25, -0.2) is 0 Å². The van der Waals surface area contributed by atoms with Gasteiger partial charge in [0.25, 0.3) is 5.91 Å². The van der Waals surface area contributed by atoms with E-state index in [9.17, 15) is 4.79 Å². The molecular weight excluding hydrogens is 262 g/mol. The number of fused-ring (bicyclic) bond motifs is 2. The monoisotopic (exact) mass is 287 g/mol. The van der Waals surface area contributed by atoms with Crippen LogP contribution in [0.4, 0.5) is 5.69 Å². The Kier molecular flexibility index (Phi) is 3.89. The first-order valence-electron chi connectivity index (χ1n) is 7.93. The van der Waals surface area contributed by atoms with Gasteiger partial charge in [0.1, 0.15) is 0 Å². The molecule has 2 aliphatic heterocycles. The summed E-state index contributed by atoms with van der Waals surface area (Å²) in [6.07, 6.45) is 5.99. The van der Waals surface area contributed by atoms with Crippen LogP contribution in [0.5, 0.6) is 0 Å². The highest BCUT2D eigenvalue weighted by molar-refractivity contribution is 5.95. The van der Waals surface area contributed by atoms with Crippen molar-refractivity contribution in [1.82, 2.24) is 10.2 Å². The normalized spacial score (nSPS) is 29.1. The van der Waals surface area contributed by atoms with Crippen LogP contribution in [-0.2, 0) is 0 Å². The van der Waals surface area contributed by atoms with Gasteiger partial charge >= 0.3 is 0 Å². The number of hydrogen-bond donors (Lipinski definition) is 2. The van der Waals surface area contributed by atoms with Crippen molar-refractivity contribution in [3.05, 3.63) is 29.3 Å². The Balaban J connectivity index is 1.66. The van der Waals surface area contributed by atoms with Gasteiger partial charge in [-0.15, -0.1) is 0 Å². The molecule has 3 rings (SSSR count). The van der Waals surface area contributed by atoms with E-state index in [1.807, 2.05) is 19.1 Å². The van der Waals surface area contributed by atoms with Crippen LogP contribution in [0.2, 0.25) is 0 Å². The number of carbonyl (C=O) groups is 1. The lowest BCUT2D eigenvalue weighted by Crippen LogP contribution is -2.55. The Morgan fingerprint density at radius 1 is 1.29 bits per heavy atom. The Hall–Kier alpha value is -1.55. The number of rotatable bonds is 2. The predicted molar refractivity (Wildman–Crippen MR) is 85.3 cm³/mol. The molecule has 0 aliphatic carbocycles. The molecule has 2 aliphatic rings. The van der Waals surface area contributed by atoms with Crippen molar-refractivity contribution in [3.63, 3.8) is 0 Å². The van der Waals surface area contributed by atoms with Gasteiger partial charge in [-0.3, -0.25) is 4.79 Å². The maximum absolute atomic E-state index is 12.4. The van der Waals surface area contributed by atoms with E-state index in [4.69, 9.17) is 5.73 Å². The van der Waals surface area contributed by atoms with Crippen molar-refractivity contribution in [2.24, 2.45) is 0 Å². The van der Waals surface area contributed by atoms with E-state index >= 15 is 0 Å². The molecule has 0 spiro atoms. The van der Waals surface area contributed by atoms with Crippen molar-refractivity contribution >= 4 is 11.6 Å². The second kappa shape index (κ2) is 5.68. The molecule has 1 amide bonds.